The number of nitrogens with zero attached hydrogens (tertiary/aromatic N) is 1. The van der Waals surface area contributed by atoms with Crippen molar-refractivity contribution in [2.24, 2.45) is 0 Å². The zero-order valence-electron chi connectivity index (χ0n) is 19.6. The number of hydrogen-bond acceptors (Lipinski definition) is 5. The fraction of sp³-hybridized carbons (Fsp3) is 0.286. The number of ether oxygens (including phenoxy) is 2. The Morgan fingerprint density at radius 2 is 1.62 bits per heavy atom. The molecule has 0 radical (unpaired) electrons. The molecule has 6 heteroatoms. The molecule has 0 unspecified atom stereocenters. The second-order valence-electron chi connectivity index (χ2n) is 8.45. The highest BCUT2D eigenvalue weighted by atomic mass is 16.5. The van der Waals surface area contributed by atoms with Gasteiger partial charge in [-0.1, -0.05) is 66.7 Å². The second kappa shape index (κ2) is 11.1. The first-order chi connectivity index (χ1) is 16.6. The molecule has 2 atom stereocenters. The molecule has 0 fully saturated rings. The summed E-state index contributed by atoms with van der Waals surface area (Å²) >= 11 is 0. The summed E-state index contributed by atoms with van der Waals surface area (Å²) < 4.78 is 10.3. The average molecular weight is 459 g/mol. The monoisotopic (exact) mass is 458 g/mol. The lowest BCUT2D eigenvalue weighted by atomic mass is 9.90. The van der Waals surface area contributed by atoms with E-state index in [0.29, 0.717) is 31.7 Å². The van der Waals surface area contributed by atoms with E-state index in [2.05, 4.69) is 34.5 Å². The Morgan fingerprint density at radius 3 is 2.29 bits per heavy atom. The van der Waals surface area contributed by atoms with Gasteiger partial charge >= 0.3 is 5.97 Å². The van der Waals surface area contributed by atoms with Crippen LogP contribution in [0.25, 0.3) is 0 Å². The van der Waals surface area contributed by atoms with Crippen molar-refractivity contribution < 1.29 is 19.1 Å². The van der Waals surface area contributed by atoms with Gasteiger partial charge in [0.2, 0.25) is 5.91 Å². The van der Waals surface area contributed by atoms with Gasteiger partial charge in [0.05, 0.1) is 31.4 Å². The maximum atomic E-state index is 13.5. The van der Waals surface area contributed by atoms with E-state index in [0.717, 1.165) is 11.1 Å². The minimum Gasteiger partial charge on any atom is -0.465 e. The topological polar surface area (TPSA) is 67.9 Å². The van der Waals surface area contributed by atoms with E-state index in [1.165, 1.54) is 18.2 Å². The molecule has 34 heavy (non-hydrogen) atoms. The molecule has 1 amide bonds. The van der Waals surface area contributed by atoms with Crippen LogP contribution in [0.5, 0.6) is 0 Å². The van der Waals surface area contributed by atoms with Crippen LogP contribution in [0, 0.1) is 0 Å². The molecule has 0 saturated carbocycles. The first kappa shape index (κ1) is 23.7. The number of hydrogen-bond donors (Lipinski definition) is 1. The molecule has 0 aliphatic carbocycles. The zero-order chi connectivity index (χ0) is 23.9. The Morgan fingerprint density at radius 1 is 0.941 bits per heavy atom. The van der Waals surface area contributed by atoms with E-state index < -0.39 is 0 Å². The number of carbonyl (C=O) groups is 2. The average Bonchev–Trinajstić information content (AvgIpc) is 2.90. The van der Waals surface area contributed by atoms with Gasteiger partial charge in [-0.15, -0.1) is 0 Å². The van der Waals surface area contributed by atoms with Crippen molar-refractivity contribution in [3.63, 3.8) is 0 Å². The van der Waals surface area contributed by atoms with Crippen LogP contribution in [0.3, 0.4) is 0 Å². The third-order valence-electron chi connectivity index (χ3n) is 6.34. The summed E-state index contributed by atoms with van der Waals surface area (Å²) in [5.41, 5.74) is 4.96. The van der Waals surface area contributed by atoms with Gasteiger partial charge in [-0.2, -0.15) is 0 Å². The molecule has 0 aromatic heterocycles. The largest absolute Gasteiger partial charge is 0.465 e. The fourth-order valence-electron chi connectivity index (χ4n) is 4.51. The lowest BCUT2D eigenvalue weighted by molar-refractivity contribution is -0.129. The van der Waals surface area contributed by atoms with Crippen LogP contribution in [0.4, 0.5) is 0 Å². The maximum Gasteiger partial charge on any atom is 0.337 e. The summed E-state index contributed by atoms with van der Waals surface area (Å²) in [5, 5.41) is 3.10. The van der Waals surface area contributed by atoms with Gasteiger partial charge < -0.3 is 14.8 Å². The number of fused-ring (bicyclic) bond motifs is 1. The molecule has 3 aromatic rings. The van der Waals surface area contributed by atoms with E-state index in [-0.39, 0.29) is 24.0 Å². The number of methoxy groups -OCH3 is 2. The van der Waals surface area contributed by atoms with Crippen LogP contribution in [0.1, 0.15) is 38.7 Å². The van der Waals surface area contributed by atoms with Gasteiger partial charge in [0.25, 0.3) is 0 Å². The van der Waals surface area contributed by atoms with Gasteiger partial charge in [-0.05, 0) is 40.8 Å². The van der Waals surface area contributed by atoms with Gasteiger partial charge in [0.15, 0.2) is 0 Å². The van der Waals surface area contributed by atoms with Crippen LogP contribution in [-0.4, -0.2) is 43.6 Å². The highest BCUT2D eigenvalue weighted by Gasteiger charge is 2.36. The minimum atomic E-state index is -0.378. The highest BCUT2D eigenvalue weighted by Crippen LogP contribution is 2.32. The molecule has 3 aromatic carbocycles. The van der Waals surface area contributed by atoms with Crippen molar-refractivity contribution in [1.82, 2.24) is 10.2 Å². The van der Waals surface area contributed by atoms with E-state index in [9.17, 15) is 9.59 Å². The predicted molar refractivity (Wildman–Crippen MR) is 130 cm³/mol. The zero-order valence-corrected chi connectivity index (χ0v) is 19.6. The third kappa shape index (κ3) is 5.35. The first-order valence-electron chi connectivity index (χ1n) is 11.4. The predicted octanol–water partition coefficient (Wildman–Crippen LogP) is 3.90. The number of benzene rings is 3. The summed E-state index contributed by atoms with van der Waals surface area (Å²) in [4.78, 5) is 27.4. The van der Waals surface area contributed by atoms with Gasteiger partial charge in [0, 0.05) is 20.2 Å². The van der Waals surface area contributed by atoms with Crippen LogP contribution >= 0.6 is 0 Å². The second-order valence-corrected chi connectivity index (χ2v) is 8.45. The highest BCUT2D eigenvalue weighted by molar-refractivity contribution is 5.89. The molecule has 6 nitrogen and oxygen atoms in total. The standard InChI is InChI=1S/C28H30N2O4/c1-33-19-26(21-8-4-3-5-9-21)30-18-24-11-7-6-10-23(24)16-25(30)27(31)29-17-20-12-14-22(15-13-20)28(32)34-2/h3-15,25-26H,16-19H2,1-2H3,(H,29,31)/t25-,26-/m0/s1. The molecular weight excluding hydrogens is 428 g/mol. The quantitative estimate of drug-likeness (QED) is 0.519. The molecule has 0 spiro atoms. The van der Waals surface area contributed by atoms with Gasteiger partial charge in [0.1, 0.15) is 0 Å². The van der Waals surface area contributed by atoms with Crippen molar-refractivity contribution in [3.05, 3.63) is 107 Å². The van der Waals surface area contributed by atoms with Gasteiger partial charge in [-0.25, -0.2) is 4.79 Å². The molecule has 0 saturated heterocycles. The Kier molecular flexibility index (Phi) is 7.72. The Balaban J connectivity index is 1.55. The Labute approximate surface area is 200 Å². The lowest BCUT2D eigenvalue weighted by Crippen LogP contribution is -2.52. The van der Waals surface area contributed by atoms with E-state index in [4.69, 9.17) is 9.47 Å². The molecule has 176 valence electrons. The smallest absolute Gasteiger partial charge is 0.337 e. The van der Waals surface area contributed by atoms with Crippen molar-refractivity contribution in [1.29, 1.82) is 0 Å². The number of esters is 1. The molecule has 1 aliphatic rings. The molecule has 1 heterocycles. The summed E-state index contributed by atoms with van der Waals surface area (Å²) in [6.45, 7) is 1.54. The Hall–Kier alpha value is -3.48. The molecule has 1 aliphatic heterocycles. The number of carbonyl (C=O) groups excluding carboxylic acids is 2. The fourth-order valence-corrected chi connectivity index (χ4v) is 4.51. The van der Waals surface area contributed by atoms with Crippen LogP contribution < -0.4 is 5.32 Å². The normalized spacial score (nSPS) is 16.4. The molecule has 1 N–H and O–H groups in total. The number of amides is 1. The van der Waals surface area contributed by atoms with E-state index in [1.54, 1.807) is 19.2 Å². The van der Waals surface area contributed by atoms with Gasteiger partial charge in [-0.3, -0.25) is 9.69 Å². The van der Waals surface area contributed by atoms with Crippen LogP contribution in [-0.2, 0) is 33.8 Å². The SMILES string of the molecule is COC[C@@H](c1ccccc1)N1Cc2ccccc2C[C@H]1C(=O)NCc1ccc(C(=O)OC)cc1. The number of rotatable bonds is 8. The molecular formula is C28H30N2O4. The minimum absolute atomic E-state index is 0.0245. The van der Waals surface area contributed by atoms with Crippen molar-refractivity contribution in [3.8, 4) is 0 Å². The first-order valence-corrected chi connectivity index (χ1v) is 11.4. The van der Waals surface area contributed by atoms with Crippen LogP contribution in [0.2, 0.25) is 0 Å². The maximum absolute atomic E-state index is 13.5. The third-order valence-corrected chi connectivity index (χ3v) is 6.34. The van der Waals surface area contributed by atoms with Crippen molar-refractivity contribution in [2.45, 2.75) is 31.6 Å². The van der Waals surface area contributed by atoms with Crippen molar-refractivity contribution >= 4 is 11.9 Å². The summed E-state index contributed by atoms with van der Waals surface area (Å²) in [6, 6.07) is 25.2. The summed E-state index contributed by atoms with van der Waals surface area (Å²) in [7, 11) is 3.05. The lowest BCUT2D eigenvalue weighted by Gasteiger charge is -2.41. The Bertz CT molecular complexity index is 1110. The number of nitrogens with one attached hydrogen (secondary N) is 1. The molecule has 0 bridgehead atoms. The van der Waals surface area contributed by atoms with Crippen molar-refractivity contribution in [2.75, 3.05) is 20.8 Å². The summed E-state index contributed by atoms with van der Waals surface area (Å²) in [5.74, 6) is -0.402. The summed E-state index contributed by atoms with van der Waals surface area (Å²) in [6.07, 6.45) is 0.635. The molecule has 4 rings (SSSR count). The van der Waals surface area contributed by atoms with Crippen LogP contribution in [0.15, 0.2) is 78.9 Å². The van der Waals surface area contributed by atoms with E-state index in [1.807, 2.05) is 42.5 Å². The van der Waals surface area contributed by atoms with E-state index >= 15 is 0 Å².